The lowest BCUT2D eigenvalue weighted by molar-refractivity contribution is 0.0425. The number of likely N-dealkylation sites (tertiary alicyclic amines) is 1. The second-order valence-corrected chi connectivity index (χ2v) is 6.62. The van der Waals surface area contributed by atoms with Gasteiger partial charge in [-0.25, -0.2) is 0 Å². The minimum absolute atomic E-state index is 0.0245. The molecule has 1 saturated heterocycles. The molecule has 0 amide bonds. The molecule has 20 heavy (non-hydrogen) atoms. The smallest absolute Gasteiger partial charge is 0.0705 e. The van der Waals surface area contributed by atoms with Gasteiger partial charge >= 0.3 is 0 Å². The number of aliphatic hydroxyl groups is 1. The third kappa shape index (κ3) is 2.58. The van der Waals surface area contributed by atoms with Crippen LogP contribution >= 0.6 is 11.6 Å². The Morgan fingerprint density at radius 1 is 1.40 bits per heavy atom. The van der Waals surface area contributed by atoms with Gasteiger partial charge in [-0.2, -0.15) is 0 Å². The van der Waals surface area contributed by atoms with E-state index >= 15 is 0 Å². The van der Waals surface area contributed by atoms with E-state index in [1.165, 1.54) is 0 Å². The van der Waals surface area contributed by atoms with Gasteiger partial charge in [0.15, 0.2) is 0 Å². The average molecular weight is 293 g/mol. The van der Waals surface area contributed by atoms with Crippen LogP contribution in [0.1, 0.15) is 25.5 Å². The standard InChI is InChI=1S/C16H21ClN2O/c1-16(11-20)7-4-8-19(10-16)9-14-15(17)12-5-2-3-6-13(12)18-14/h2-3,5-6,18,20H,4,7-11H2,1H3/t16-/m0/s1. The van der Waals surface area contributed by atoms with Gasteiger partial charge in [-0.1, -0.05) is 36.7 Å². The molecule has 3 rings (SSSR count). The van der Waals surface area contributed by atoms with Crippen LogP contribution in [-0.4, -0.2) is 34.7 Å². The van der Waals surface area contributed by atoms with Crippen LogP contribution in [0.3, 0.4) is 0 Å². The molecule has 0 unspecified atom stereocenters. The number of aromatic amines is 1. The van der Waals surface area contributed by atoms with E-state index < -0.39 is 0 Å². The van der Waals surface area contributed by atoms with Crippen LogP contribution in [0.5, 0.6) is 0 Å². The summed E-state index contributed by atoms with van der Waals surface area (Å²) in [4.78, 5) is 5.81. The summed E-state index contributed by atoms with van der Waals surface area (Å²) in [6, 6.07) is 8.13. The molecule has 1 aromatic carbocycles. The number of benzene rings is 1. The fraction of sp³-hybridized carbons (Fsp3) is 0.500. The van der Waals surface area contributed by atoms with Gasteiger partial charge in [0.25, 0.3) is 0 Å². The van der Waals surface area contributed by atoms with Gasteiger partial charge in [0.05, 0.1) is 5.02 Å². The van der Waals surface area contributed by atoms with Crippen molar-refractivity contribution in [1.82, 2.24) is 9.88 Å². The van der Waals surface area contributed by atoms with E-state index in [-0.39, 0.29) is 12.0 Å². The zero-order valence-corrected chi connectivity index (χ0v) is 12.6. The first-order valence-corrected chi connectivity index (χ1v) is 7.57. The fourth-order valence-corrected chi connectivity index (χ4v) is 3.46. The van der Waals surface area contributed by atoms with Crippen LogP contribution in [-0.2, 0) is 6.54 Å². The summed E-state index contributed by atoms with van der Waals surface area (Å²) in [5.41, 5.74) is 2.20. The number of piperidine rings is 1. The average Bonchev–Trinajstić information content (AvgIpc) is 2.76. The Morgan fingerprint density at radius 3 is 2.95 bits per heavy atom. The Labute approximate surface area is 124 Å². The SMILES string of the molecule is C[C@]1(CO)CCCN(Cc2[nH]c3ccccc3c2Cl)C1. The number of rotatable bonds is 3. The van der Waals surface area contributed by atoms with Gasteiger partial charge in [0.1, 0.15) is 0 Å². The zero-order chi connectivity index (χ0) is 14.2. The Balaban J connectivity index is 1.81. The third-order valence-electron chi connectivity index (χ3n) is 4.34. The minimum Gasteiger partial charge on any atom is -0.396 e. The van der Waals surface area contributed by atoms with Gasteiger partial charge in [0.2, 0.25) is 0 Å². The van der Waals surface area contributed by atoms with Crippen molar-refractivity contribution in [3.05, 3.63) is 35.0 Å². The molecule has 0 radical (unpaired) electrons. The molecular formula is C16H21ClN2O. The second-order valence-electron chi connectivity index (χ2n) is 6.25. The normalized spacial score (nSPS) is 24.4. The van der Waals surface area contributed by atoms with Gasteiger partial charge in [-0.05, 0) is 25.5 Å². The Hall–Kier alpha value is -1.03. The summed E-state index contributed by atoms with van der Waals surface area (Å²) < 4.78 is 0. The topological polar surface area (TPSA) is 39.3 Å². The maximum atomic E-state index is 9.54. The molecule has 0 saturated carbocycles. The number of H-pyrrole nitrogens is 1. The number of aromatic nitrogens is 1. The lowest BCUT2D eigenvalue weighted by atomic mass is 9.83. The van der Waals surface area contributed by atoms with Crippen molar-refractivity contribution in [2.24, 2.45) is 5.41 Å². The van der Waals surface area contributed by atoms with Crippen LogP contribution in [0.25, 0.3) is 10.9 Å². The Bertz CT molecular complexity index is 610. The lowest BCUT2D eigenvalue weighted by Gasteiger charge is -2.39. The van der Waals surface area contributed by atoms with E-state index in [9.17, 15) is 5.11 Å². The molecule has 0 aliphatic carbocycles. The summed E-state index contributed by atoms with van der Waals surface area (Å²) in [5, 5.41) is 11.5. The van der Waals surface area contributed by atoms with Crippen molar-refractivity contribution in [2.45, 2.75) is 26.3 Å². The molecule has 1 aromatic heterocycles. The summed E-state index contributed by atoms with van der Waals surface area (Å²) >= 11 is 6.47. The highest BCUT2D eigenvalue weighted by Crippen LogP contribution is 2.32. The number of nitrogens with zero attached hydrogens (tertiary/aromatic N) is 1. The van der Waals surface area contributed by atoms with Crippen LogP contribution in [0.15, 0.2) is 24.3 Å². The van der Waals surface area contributed by atoms with Gasteiger partial charge in [0, 0.05) is 41.7 Å². The maximum absolute atomic E-state index is 9.54. The molecule has 1 atom stereocenters. The van der Waals surface area contributed by atoms with Crippen molar-refractivity contribution in [3.8, 4) is 0 Å². The number of hydrogen-bond donors (Lipinski definition) is 2. The molecule has 2 heterocycles. The van der Waals surface area contributed by atoms with E-state index in [1.807, 2.05) is 18.2 Å². The quantitative estimate of drug-likeness (QED) is 0.910. The van der Waals surface area contributed by atoms with E-state index in [1.54, 1.807) is 0 Å². The second kappa shape index (κ2) is 5.40. The molecule has 1 fully saturated rings. The van der Waals surface area contributed by atoms with E-state index in [4.69, 9.17) is 11.6 Å². The molecule has 4 heteroatoms. The third-order valence-corrected chi connectivity index (χ3v) is 4.77. The van der Waals surface area contributed by atoms with E-state index in [0.717, 1.165) is 54.1 Å². The highest BCUT2D eigenvalue weighted by molar-refractivity contribution is 6.36. The molecule has 1 aliphatic rings. The van der Waals surface area contributed by atoms with Crippen molar-refractivity contribution in [3.63, 3.8) is 0 Å². The van der Waals surface area contributed by atoms with Gasteiger partial charge in [-0.15, -0.1) is 0 Å². The van der Waals surface area contributed by atoms with Gasteiger partial charge in [-0.3, -0.25) is 4.90 Å². The monoisotopic (exact) mass is 292 g/mol. The molecule has 2 aromatic rings. The van der Waals surface area contributed by atoms with Crippen LogP contribution in [0.2, 0.25) is 5.02 Å². The largest absolute Gasteiger partial charge is 0.396 e. The van der Waals surface area contributed by atoms with Gasteiger partial charge < -0.3 is 10.1 Å². The summed E-state index contributed by atoms with van der Waals surface area (Å²) in [5.74, 6) is 0. The number of para-hydroxylation sites is 1. The van der Waals surface area contributed by atoms with Crippen LogP contribution in [0.4, 0.5) is 0 Å². The van der Waals surface area contributed by atoms with E-state index in [0.29, 0.717) is 0 Å². The molecule has 2 N–H and O–H groups in total. The van der Waals surface area contributed by atoms with Crippen molar-refractivity contribution in [2.75, 3.05) is 19.7 Å². The molecular weight excluding hydrogens is 272 g/mol. The maximum Gasteiger partial charge on any atom is 0.0705 e. The minimum atomic E-state index is 0.0245. The van der Waals surface area contributed by atoms with Crippen molar-refractivity contribution < 1.29 is 5.11 Å². The fourth-order valence-electron chi connectivity index (χ4n) is 3.19. The first-order valence-electron chi connectivity index (χ1n) is 7.20. The predicted octanol–water partition coefficient (Wildman–Crippen LogP) is 3.42. The van der Waals surface area contributed by atoms with Crippen LogP contribution < -0.4 is 0 Å². The summed E-state index contributed by atoms with van der Waals surface area (Å²) in [6.45, 7) is 5.23. The number of aliphatic hydroxyl groups excluding tert-OH is 1. The molecule has 1 aliphatic heterocycles. The lowest BCUT2D eigenvalue weighted by Crippen LogP contribution is -2.43. The highest BCUT2D eigenvalue weighted by atomic mass is 35.5. The molecule has 3 nitrogen and oxygen atoms in total. The number of fused-ring (bicyclic) bond motifs is 1. The first-order chi connectivity index (χ1) is 9.61. The number of halogens is 1. The summed E-state index contributed by atoms with van der Waals surface area (Å²) in [7, 11) is 0. The number of hydrogen-bond acceptors (Lipinski definition) is 2. The summed E-state index contributed by atoms with van der Waals surface area (Å²) in [6.07, 6.45) is 2.23. The zero-order valence-electron chi connectivity index (χ0n) is 11.8. The van der Waals surface area contributed by atoms with E-state index in [2.05, 4.69) is 22.9 Å². The van der Waals surface area contributed by atoms with Crippen molar-refractivity contribution >= 4 is 22.5 Å². The predicted molar refractivity (Wildman–Crippen MR) is 83.0 cm³/mol. The molecule has 108 valence electrons. The molecule has 0 spiro atoms. The first kappa shape index (κ1) is 13.9. The highest BCUT2D eigenvalue weighted by Gasteiger charge is 2.30. The Morgan fingerprint density at radius 2 is 2.20 bits per heavy atom. The van der Waals surface area contributed by atoms with Crippen molar-refractivity contribution in [1.29, 1.82) is 0 Å². The number of nitrogens with one attached hydrogen (secondary N) is 1. The Kier molecular flexibility index (Phi) is 3.76. The molecule has 0 bridgehead atoms. The van der Waals surface area contributed by atoms with Crippen LogP contribution in [0, 0.1) is 5.41 Å².